The summed E-state index contributed by atoms with van der Waals surface area (Å²) in [5.74, 6) is 0. The third-order valence-electron chi connectivity index (χ3n) is 2.75. The van der Waals surface area contributed by atoms with Crippen LogP contribution < -0.4 is 5.32 Å². The van der Waals surface area contributed by atoms with Crippen molar-refractivity contribution in [3.05, 3.63) is 35.9 Å². The highest BCUT2D eigenvalue weighted by Gasteiger charge is 2.14. The van der Waals surface area contributed by atoms with Gasteiger partial charge in [0.1, 0.15) is 11.3 Å². The number of hydrogen-bond donors (Lipinski definition) is 1. The van der Waals surface area contributed by atoms with Crippen molar-refractivity contribution in [1.82, 2.24) is 15.3 Å². The first kappa shape index (κ1) is 14.1. The van der Waals surface area contributed by atoms with Crippen molar-refractivity contribution in [3.63, 3.8) is 0 Å². The molecule has 5 heteroatoms. The van der Waals surface area contributed by atoms with Crippen molar-refractivity contribution in [1.29, 1.82) is 0 Å². The van der Waals surface area contributed by atoms with Crippen molar-refractivity contribution in [2.24, 2.45) is 0 Å². The molecule has 0 bridgehead atoms. The van der Waals surface area contributed by atoms with Crippen molar-refractivity contribution >= 4 is 11.8 Å². The third-order valence-corrected chi connectivity index (χ3v) is 3.65. The molecule has 0 saturated heterocycles. The minimum Gasteiger partial charge on any atom is -0.439 e. The lowest BCUT2D eigenvalue weighted by Gasteiger charge is -2.15. The van der Waals surface area contributed by atoms with Crippen molar-refractivity contribution in [3.8, 4) is 0 Å². The van der Waals surface area contributed by atoms with Gasteiger partial charge in [0.25, 0.3) is 5.22 Å². The van der Waals surface area contributed by atoms with Gasteiger partial charge in [0.05, 0.1) is 5.69 Å². The number of nitrogens with one attached hydrogen (secondary N) is 1. The Bertz CT molecular complexity index is 527. The smallest absolute Gasteiger partial charge is 0.262 e. The molecule has 4 nitrogen and oxygen atoms in total. The van der Waals surface area contributed by atoms with E-state index in [1.165, 1.54) is 17.3 Å². The Balaban J connectivity index is 2.16. The first-order valence-electron chi connectivity index (χ1n) is 6.49. The number of rotatable bonds is 6. The van der Waals surface area contributed by atoms with Crippen LogP contribution in [0.2, 0.25) is 0 Å². The second kappa shape index (κ2) is 6.73. The Hall–Kier alpha value is -1.33. The van der Waals surface area contributed by atoms with Crippen LogP contribution in [0.4, 0.5) is 0 Å². The fourth-order valence-corrected chi connectivity index (χ4v) is 2.68. The summed E-state index contributed by atoms with van der Waals surface area (Å²) >= 11 is 1.47. The highest BCUT2D eigenvalue weighted by Crippen LogP contribution is 2.30. The molecule has 0 aliphatic rings. The van der Waals surface area contributed by atoms with Gasteiger partial charge >= 0.3 is 0 Å². The van der Waals surface area contributed by atoms with Crippen LogP contribution in [-0.4, -0.2) is 16.5 Å². The molecule has 1 N–H and O–H groups in total. The molecule has 1 atom stereocenters. The Labute approximate surface area is 118 Å². The average molecular weight is 277 g/mol. The van der Waals surface area contributed by atoms with Gasteiger partial charge < -0.3 is 9.73 Å². The Morgan fingerprint density at radius 2 is 2.32 bits per heavy atom. The number of pyridine rings is 1. The molecule has 0 aliphatic carbocycles. The van der Waals surface area contributed by atoms with E-state index in [0.29, 0.717) is 5.22 Å². The summed E-state index contributed by atoms with van der Waals surface area (Å²) in [4.78, 5) is 8.74. The van der Waals surface area contributed by atoms with Crippen LogP contribution in [0, 0.1) is 6.92 Å². The summed E-state index contributed by atoms with van der Waals surface area (Å²) in [6.07, 6.45) is 4.57. The second-order valence-corrected chi connectivity index (χ2v) is 5.37. The summed E-state index contributed by atoms with van der Waals surface area (Å²) in [6.45, 7) is 7.22. The average Bonchev–Trinajstić information content (AvgIpc) is 2.82. The highest BCUT2D eigenvalue weighted by atomic mass is 32.2. The quantitative estimate of drug-likeness (QED) is 0.874. The lowest BCUT2D eigenvalue weighted by atomic mass is 10.1. The number of aromatic nitrogens is 2. The van der Waals surface area contributed by atoms with Crippen molar-refractivity contribution in [2.45, 2.75) is 43.5 Å². The van der Waals surface area contributed by atoms with Gasteiger partial charge in [-0.25, -0.2) is 9.97 Å². The van der Waals surface area contributed by atoms with Gasteiger partial charge in [0, 0.05) is 17.8 Å². The molecule has 2 aromatic rings. The zero-order chi connectivity index (χ0) is 13.7. The summed E-state index contributed by atoms with van der Waals surface area (Å²) < 4.78 is 5.38. The number of hydrogen-bond acceptors (Lipinski definition) is 5. The standard InChI is InChI=1S/C14H19N3OS/c1-4-7-15-11(3)12-6-5-8-16-13(12)19-14-17-10(2)9-18-14/h5-6,8-9,11,15H,4,7H2,1-3H3. The first-order valence-corrected chi connectivity index (χ1v) is 7.30. The second-order valence-electron chi connectivity index (χ2n) is 4.43. The fraction of sp³-hybridized carbons (Fsp3) is 0.429. The zero-order valence-corrected chi connectivity index (χ0v) is 12.3. The van der Waals surface area contributed by atoms with Gasteiger partial charge in [-0.1, -0.05) is 13.0 Å². The van der Waals surface area contributed by atoms with E-state index < -0.39 is 0 Å². The summed E-state index contributed by atoms with van der Waals surface area (Å²) in [6, 6.07) is 4.33. The predicted molar refractivity (Wildman–Crippen MR) is 76.3 cm³/mol. The molecular formula is C14H19N3OS. The molecule has 0 saturated carbocycles. The summed E-state index contributed by atoms with van der Waals surface area (Å²) in [5.41, 5.74) is 2.06. The predicted octanol–water partition coefficient (Wildman–Crippen LogP) is 3.59. The van der Waals surface area contributed by atoms with E-state index in [-0.39, 0.29) is 6.04 Å². The molecule has 0 amide bonds. The molecule has 1 unspecified atom stereocenters. The first-order chi connectivity index (χ1) is 9.20. The Morgan fingerprint density at radius 1 is 1.47 bits per heavy atom. The van der Waals surface area contributed by atoms with E-state index in [1.54, 1.807) is 12.5 Å². The zero-order valence-electron chi connectivity index (χ0n) is 11.5. The summed E-state index contributed by atoms with van der Waals surface area (Å²) in [5, 5.41) is 5.06. The van der Waals surface area contributed by atoms with E-state index in [9.17, 15) is 0 Å². The van der Waals surface area contributed by atoms with Gasteiger partial charge in [0.2, 0.25) is 0 Å². The molecule has 0 spiro atoms. The maximum Gasteiger partial charge on any atom is 0.262 e. The molecular weight excluding hydrogens is 258 g/mol. The molecule has 2 heterocycles. The SMILES string of the molecule is CCCNC(C)c1cccnc1Sc1nc(C)co1. The van der Waals surface area contributed by atoms with Gasteiger partial charge in [-0.3, -0.25) is 0 Å². The Kier molecular flexibility index (Phi) is 4.99. The third kappa shape index (κ3) is 3.81. The monoisotopic (exact) mass is 277 g/mol. The van der Waals surface area contributed by atoms with Crippen LogP contribution >= 0.6 is 11.8 Å². The van der Waals surface area contributed by atoms with E-state index in [0.717, 1.165) is 23.7 Å². The number of nitrogens with zero attached hydrogens (tertiary/aromatic N) is 2. The summed E-state index contributed by atoms with van der Waals surface area (Å²) in [7, 11) is 0. The molecule has 0 fully saturated rings. The highest BCUT2D eigenvalue weighted by molar-refractivity contribution is 7.99. The lowest BCUT2D eigenvalue weighted by Crippen LogP contribution is -2.20. The van der Waals surface area contributed by atoms with E-state index in [4.69, 9.17) is 4.42 Å². The van der Waals surface area contributed by atoms with Crippen LogP contribution in [0.1, 0.15) is 37.6 Å². The maximum absolute atomic E-state index is 5.38. The van der Waals surface area contributed by atoms with Crippen molar-refractivity contribution < 1.29 is 4.42 Å². The molecule has 0 radical (unpaired) electrons. The number of aryl methyl sites for hydroxylation is 1. The normalized spacial score (nSPS) is 12.6. The van der Waals surface area contributed by atoms with Crippen LogP contribution in [0.5, 0.6) is 0 Å². The van der Waals surface area contributed by atoms with E-state index >= 15 is 0 Å². The van der Waals surface area contributed by atoms with Crippen LogP contribution in [0.15, 0.2) is 39.3 Å². The van der Waals surface area contributed by atoms with Gasteiger partial charge in [-0.15, -0.1) is 0 Å². The van der Waals surface area contributed by atoms with Crippen LogP contribution in [0.25, 0.3) is 0 Å². The Morgan fingerprint density at radius 3 is 3.00 bits per heavy atom. The molecule has 102 valence electrons. The molecule has 2 rings (SSSR count). The molecule has 2 aromatic heterocycles. The van der Waals surface area contributed by atoms with Crippen LogP contribution in [0.3, 0.4) is 0 Å². The number of oxazole rings is 1. The van der Waals surface area contributed by atoms with Crippen molar-refractivity contribution in [2.75, 3.05) is 6.54 Å². The van der Waals surface area contributed by atoms with Gasteiger partial charge in [-0.05, 0) is 44.6 Å². The largest absolute Gasteiger partial charge is 0.439 e. The lowest BCUT2D eigenvalue weighted by molar-refractivity contribution is 0.453. The topological polar surface area (TPSA) is 51.0 Å². The maximum atomic E-state index is 5.38. The minimum absolute atomic E-state index is 0.271. The molecule has 0 aromatic carbocycles. The molecule has 0 aliphatic heterocycles. The fourth-order valence-electron chi connectivity index (χ4n) is 1.75. The van der Waals surface area contributed by atoms with Gasteiger partial charge in [0.15, 0.2) is 0 Å². The minimum atomic E-state index is 0.271. The van der Waals surface area contributed by atoms with Gasteiger partial charge in [-0.2, -0.15) is 0 Å². The van der Waals surface area contributed by atoms with E-state index in [2.05, 4.69) is 35.2 Å². The molecule has 19 heavy (non-hydrogen) atoms. The van der Waals surface area contributed by atoms with Crippen LogP contribution in [-0.2, 0) is 0 Å². The van der Waals surface area contributed by atoms with E-state index in [1.807, 2.05) is 13.0 Å².